The summed E-state index contributed by atoms with van der Waals surface area (Å²) in [6.07, 6.45) is 2.71. The zero-order chi connectivity index (χ0) is 13.0. The van der Waals surface area contributed by atoms with Crippen LogP contribution in [0.4, 0.5) is 11.5 Å². The van der Waals surface area contributed by atoms with Crippen LogP contribution < -0.4 is 15.8 Å². The van der Waals surface area contributed by atoms with Crippen molar-refractivity contribution in [2.24, 2.45) is 0 Å². The van der Waals surface area contributed by atoms with Crippen LogP contribution in [-0.4, -0.2) is 17.1 Å². The van der Waals surface area contributed by atoms with Crippen molar-refractivity contribution in [2.75, 3.05) is 18.2 Å². The van der Waals surface area contributed by atoms with Gasteiger partial charge in [0.15, 0.2) is 5.82 Å². The van der Waals surface area contributed by atoms with Gasteiger partial charge in [0.1, 0.15) is 5.01 Å². The molecule has 3 N–H and O–H groups in total. The molecule has 2 aromatic heterocycles. The smallest absolute Gasteiger partial charge is 0.215 e. The first-order valence-electron chi connectivity index (χ1n) is 5.71. The number of hydrogen-bond acceptors (Lipinski definition) is 6. The number of aromatic nitrogens is 2. The molecule has 6 heteroatoms. The standard InChI is InChI=1S/C12H16N4OS/c1-3-9(12-14-6-7-18-12)15-11-8(13)4-5-10(16-11)17-2/h4-7,9H,3,13H2,1-2H3,(H,15,16). The second-order valence-electron chi connectivity index (χ2n) is 3.77. The maximum Gasteiger partial charge on any atom is 0.215 e. The van der Waals surface area contributed by atoms with Gasteiger partial charge in [0, 0.05) is 17.6 Å². The molecule has 0 aromatic carbocycles. The zero-order valence-electron chi connectivity index (χ0n) is 10.4. The number of nitrogens with two attached hydrogens (primary N) is 1. The quantitative estimate of drug-likeness (QED) is 0.868. The van der Waals surface area contributed by atoms with E-state index < -0.39 is 0 Å². The van der Waals surface area contributed by atoms with Gasteiger partial charge in [-0.2, -0.15) is 4.98 Å². The summed E-state index contributed by atoms with van der Waals surface area (Å²) >= 11 is 1.62. The highest BCUT2D eigenvalue weighted by molar-refractivity contribution is 7.09. The van der Waals surface area contributed by atoms with Crippen LogP contribution in [0, 0.1) is 0 Å². The Labute approximate surface area is 110 Å². The molecule has 1 atom stereocenters. The van der Waals surface area contributed by atoms with E-state index in [1.807, 2.05) is 5.38 Å². The van der Waals surface area contributed by atoms with E-state index in [0.717, 1.165) is 11.4 Å². The lowest BCUT2D eigenvalue weighted by Gasteiger charge is -2.16. The number of methoxy groups -OCH3 is 1. The highest BCUT2D eigenvalue weighted by Gasteiger charge is 2.14. The first-order valence-corrected chi connectivity index (χ1v) is 6.59. The van der Waals surface area contributed by atoms with E-state index in [9.17, 15) is 0 Å². The van der Waals surface area contributed by atoms with Gasteiger partial charge in [-0.05, 0) is 12.5 Å². The molecule has 0 spiro atoms. The van der Waals surface area contributed by atoms with Crippen LogP contribution in [0.15, 0.2) is 23.7 Å². The number of hydrogen-bond donors (Lipinski definition) is 2. The monoisotopic (exact) mass is 264 g/mol. The van der Waals surface area contributed by atoms with Gasteiger partial charge < -0.3 is 15.8 Å². The number of ether oxygens (including phenoxy) is 1. The van der Waals surface area contributed by atoms with E-state index in [2.05, 4.69) is 22.2 Å². The normalized spacial score (nSPS) is 12.1. The van der Waals surface area contributed by atoms with E-state index in [4.69, 9.17) is 10.5 Å². The molecule has 0 aliphatic rings. The molecule has 0 aliphatic heterocycles. The number of thiazole rings is 1. The Morgan fingerprint density at radius 3 is 2.94 bits per heavy atom. The van der Waals surface area contributed by atoms with E-state index >= 15 is 0 Å². The molecule has 0 aliphatic carbocycles. The lowest BCUT2D eigenvalue weighted by molar-refractivity contribution is 0.398. The molecular weight excluding hydrogens is 248 g/mol. The summed E-state index contributed by atoms with van der Waals surface area (Å²) in [5, 5.41) is 6.30. The fourth-order valence-electron chi connectivity index (χ4n) is 1.59. The van der Waals surface area contributed by atoms with E-state index in [0.29, 0.717) is 17.4 Å². The summed E-state index contributed by atoms with van der Waals surface area (Å²) < 4.78 is 5.10. The maximum absolute atomic E-state index is 5.90. The molecule has 5 nitrogen and oxygen atoms in total. The molecule has 1 unspecified atom stereocenters. The minimum Gasteiger partial charge on any atom is -0.481 e. The van der Waals surface area contributed by atoms with Gasteiger partial charge in [0.2, 0.25) is 5.88 Å². The summed E-state index contributed by atoms with van der Waals surface area (Å²) in [6, 6.07) is 3.64. The van der Waals surface area contributed by atoms with Crippen LogP contribution in [0.1, 0.15) is 24.4 Å². The number of nitrogens with one attached hydrogen (secondary N) is 1. The fourth-order valence-corrected chi connectivity index (χ4v) is 2.36. The predicted molar refractivity (Wildman–Crippen MR) is 74.0 cm³/mol. The zero-order valence-corrected chi connectivity index (χ0v) is 11.2. The molecule has 0 radical (unpaired) electrons. The molecule has 18 heavy (non-hydrogen) atoms. The van der Waals surface area contributed by atoms with Gasteiger partial charge in [0.25, 0.3) is 0 Å². The summed E-state index contributed by atoms with van der Waals surface area (Å²) in [6.45, 7) is 2.09. The SMILES string of the molecule is CCC(Nc1nc(OC)ccc1N)c1nccs1. The Kier molecular flexibility index (Phi) is 3.99. The minimum absolute atomic E-state index is 0.118. The molecule has 0 saturated carbocycles. The third kappa shape index (κ3) is 2.70. The maximum atomic E-state index is 5.90. The van der Waals surface area contributed by atoms with Crippen molar-refractivity contribution in [3.05, 3.63) is 28.7 Å². The van der Waals surface area contributed by atoms with Crippen molar-refractivity contribution in [3.8, 4) is 5.88 Å². The van der Waals surface area contributed by atoms with Crippen molar-refractivity contribution in [1.82, 2.24) is 9.97 Å². The highest BCUT2D eigenvalue weighted by atomic mass is 32.1. The number of anilines is 2. The summed E-state index contributed by atoms with van der Waals surface area (Å²) in [7, 11) is 1.58. The van der Waals surface area contributed by atoms with Crippen molar-refractivity contribution in [1.29, 1.82) is 0 Å². The van der Waals surface area contributed by atoms with Crippen LogP contribution >= 0.6 is 11.3 Å². The topological polar surface area (TPSA) is 73.1 Å². The van der Waals surface area contributed by atoms with Crippen LogP contribution in [0.5, 0.6) is 5.88 Å². The molecule has 0 bridgehead atoms. The molecule has 0 amide bonds. The molecular formula is C12H16N4OS. The van der Waals surface area contributed by atoms with Crippen molar-refractivity contribution in [3.63, 3.8) is 0 Å². The predicted octanol–water partition coefficient (Wildman–Crippen LogP) is 2.69. The van der Waals surface area contributed by atoms with E-state index in [-0.39, 0.29) is 6.04 Å². The summed E-state index contributed by atoms with van der Waals surface area (Å²) in [4.78, 5) is 8.62. The van der Waals surface area contributed by atoms with Crippen LogP contribution in [0.2, 0.25) is 0 Å². The molecule has 96 valence electrons. The Balaban J connectivity index is 2.21. The van der Waals surface area contributed by atoms with Crippen LogP contribution in [0.25, 0.3) is 0 Å². The first kappa shape index (κ1) is 12.6. The largest absolute Gasteiger partial charge is 0.481 e. The second-order valence-corrected chi connectivity index (χ2v) is 4.69. The Morgan fingerprint density at radius 1 is 1.50 bits per heavy atom. The molecule has 2 heterocycles. The lowest BCUT2D eigenvalue weighted by atomic mass is 10.2. The van der Waals surface area contributed by atoms with Gasteiger partial charge >= 0.3 is 0 Å². The molecule has 2 aromatic rings. The first-order chi connectivity index (χ1) is 8.74. The number of pyridine rings is 1. The van der Waals surface area contributed by atoms with Crippen molar-refractivity contribution in [2.45, 2.75) is 19.4 Å². The second kappa shape index (κ2) is 5.68. The van der Waals surface area contributed by atoms with Crippen molar-refractivity contribution < 1.29 is 4.74 Å². The van der Waals surface area contributed by atoms with Crippen molar-refractivity contribution >= 4 is 22.8 Å². The minimum atomic E-state index is 0.118. The van der Waals surface area contributed by atoms with Crippen LogP contribution in [0.3, 0.4) is 0 Å². The summed E-state index contributed by atoms with van der Waals surface area (Å²) in [5.41, 5.74) is 6.51. The van der Waals surface area contributed by atoms with Gasteiger partial charge in [-0.3, -0.25) is 0 Å². The van der Waals surface area contributed by atoms with Gasteiger partial charge in [-0.1, -0.05) is 6.92 Å². The number of nitrogen functional groups attached to an aromatic ring is 1. The highest BCUT2D eigenvalue weighted by Crippen LogP contribution is 2.27. The van der Waals surface area contributed by atoms with Gasteiger partial charge in [-0.25, -0.2) is 4.98 Å². The third-order valence-electron chi connectivity index (χ3n) is 2.58. The Hall–Kier alpha value is -1.82. The summed E-state index contributed by atoms with van der Waals surface area (Å²) in [5.74, 6) is 1.18. The Morgan fingerprint density at radius 2 is 2.33 bits per heavy atom. The fraction of sp³-hybridized carbons (Fsp3) is 0.333. The third-order valence-corrected chi connectivity index (χ3v) is 3.47. The average molecular weight is 264 g/mol. The Bertz CT molecular complexity index is 501. The average Bonchev–Trinajstić information content (AvgIpc) is 2.91. The van der Waals surface area contributed by atoms with Gasteiger partial charge in [-0.15, -0.1) is 11.3 Å². The van der Waals surface area contributed by atoms with Crippen LogP contribution in [-0.2, 0) is 0 Å². The van der Waals surface area contributed by atoms with E-state index in [1.165, 1.54) is 0 Å². The molecule has 0 fully saturated rings. The molecule has 0 saturated heterocycles. The number of nitrogens with zero attached hydrogens (tertiary/aromatic N) is 2. The van der Waals surface area contributed by atoms with E-state index in [1.54, 1.807) is 36.8 Å². The number of rotatable bonds is 5. The molecule has 2 rings (SSSR count). The van der Waals surface area contributed by atoms with Gasteiger partial charge in [0.05, 0.1) is 18.8 Å². The lowest BCUT2D eigenvalue weighted by Crippen LogP contribution is -2.12.